The summed E-state index contributed by atoms with van der Waals surface area (Å²) < 4.78 is 66.7. The number of alkyl halides is 3. The Bertz CT molecular complexity index is 1270. The molecule has 4 aromatic rings. The van der Waals surface area contributed by atoms with Gasteiger partial charge in [-0.05, 0) is 53.1 Å². The summed E-state index contributed by atoms with van der Waals surface area (Å²) in [4.78, 5) is 15.0. The molecule has 1 N–H and O–H groups in total. The second-order valence-electron chi connectivity index (χ2n) is 6.58. The Kier molecular flexibility index (Phi) is 4.49. The maximum absolute atomic E-state index is 13.4. The average Bonchev–Trinajstić information content (AvgIpc) is 2.98. The van der Waals surface area contributed by atoms with E-state index in [0.717, 1.165) is 24.3 Å². The van der Waals surface area contributed by atoms with E-state index in [-0.39, 0.29) is 6.54 Å². The van der Waals surface area contributed by atoms with Crippen molar-refractivity contribution in [2.45, 2.75) is 12.7 Å². The van der Waals surface area contributed by atoms with E-state index < -0.39 is 29.1 Å². The number of nitrogens with zero attached hydrogens (tertiary/aromatic N) is 1. The fraction of sp³-hybridized carbons (Fsp3) is 0.0952. The van der Waals surface area contributed by atoms with Crippen LogP contribution in [-0.2, 0) is 12.7 Å². The first-order chi connectivity index (χ1) is 13.7. The summed E-state index contributed by atoms with van der Waals surface area (Å²) in [7, 11) is 0. The Morgan fingerprint density at radius 2 is 1.62 bits per heavy atom. The number of benzene rings is 3. The van der Waals surface area contributed by atoms with Gasteiger partial charge in [-0.1, -0.05) is 24.3 Å². The van der Waals surface area contributed by atoms with Crippen LogP contribution in [-0.4, -0.2) is 9.55 Å². The molecule has 0 aliphatic carbocycles. The Morgan fingerprint density at radius 3 is 2.34 bits per heavy atom. The first-order valence-corrected chi connectivity index (χ1v) is 8.56. The highest BCUT2D eigenvalue weighted by atomic mass is 19.4. The standard InChI is InChI=1S/C21H13F5N2O/c22-16-6-4-12(8-17(16)23)11-28-19-7-5-14(10-18(19)27-20(28)29)13-2-1-3-15(9-13)21(24,25)26/h1-10H,11H2,(H,27,29). The van der Waals surface area contributed by atoms with Gasteiger partial charge in [-0.25, -0.2) is 13.6 Å². The molecule has 148 valence electrons. The molecule has 4 rings (SSSR count). The van der Waals surface area contributed by atoms with Gasteiger partial charge in [0.1, 0.15) is 0 Å². The predicted octanol–water partition coefficient (Wildman–Crippen LogP) is 5.34. The number of hydrogen-bond acceptors (Lipinski definition) is 1. The fourth-order valence-corrected chi connectivity index (χ4v) is 3.20. The second kappa shape index (κ2) is 6.88. The molecule has 3 nitrogen and oxygen atoms in total. The maximum Gasteiger partial charge on any atom is 0.416 e. The number of rotatable bonds is 3. The molecule has 0 aliphatic heterocycles. The van der Waals surface area contributed by atoms with Crippen molar-refractivity contribution in [3.63, 3.8) is 0 Å². The summed E-state index contributed by atoms with van der Waals surface area (Å²) in [5, 5.41) is 0. The summed E-state index contributed by atoms with van der Waals surface area (Å²) in [5.74, 6) is -1.99. The zero-order chi connectivity index (χ0) is 20.8. The van der Waals surface area contributed by atoms with Crippen molar-refractivity contribution in [2.24, 2.45) is 0 Å². The molecule has 0 saturated heterocycles. The van der Waals surface area contributed by atoms with Crippen molar-refractivity contribution in [3.8, 4) is 11.1 Å². The van der Waals surface area contributed by atoms with Crippen LogP contribution in [0.2, 0.25) is 0 Å². The van der Waals surface area contributed by atoms with Crippen LogP contribution in [0.5, 0.6) is 0 Å². The lowest BCUT2D eigenvalue weighted by Crippen LogP contribution is -2.17. The Balaban J connectivity index is 1.73. The lowest BCUT2D eigenvalue weighted by Gasteiger charge is -2.09. The SMILES string of the molecule is O=c1[nH]c2cc(-c3cccc(C(F)(F)F)c3)ccc2n1Cc1ccc(F)c(F)c1. The predicted molar refractivity (Wildman–Crippen MR) is 98.5 cm³/mol. The number of imidazole rings is 1. The number of H-pyrrole nitrogens is 1. The summed E-state index contributed by atoms with van der Waals surface area (Å²) in [5.41, 5.74) is 0.947. The third kappa shape index (κ3) is 3.65. The highest BCUT2D eigenvalue weighted by Gasteiger charge is 2.30. The molecule has 8 heteroatoms. The number of aromatic amines is 1. The van der Waals surface area contributed by atoms with Gasteiger partial charge in [0.25, 0.3) is 0 Å². The van der Waals surface area contributed by atoms with E-state index in [1.165, 1.54) is 16.7 Å². The minimum Gasteiger partial charge on any atom is -0.306 e. The molecule has 0 aliphatic rings. The largest absolute Gasteiger partial charge is 0.416 e. The van der Waals surface area contributed by atoms with Crippen molar-refractivity contribution in [1.29, 1.82) is 0 Å². The first-order valence-electron chi connectivity index (χ1n) is 8.56. The molecule has 0 spiro atoms. The third-order valence-electron chi connectivity index (χ3n) is 4.62. The van der Waals surface area contributed by atoms with Crippen LogP contribution in [0, 0.1) is 11.6 Å². The molecule has 0 fully saturated rings. The summed E-state index contributed by atoms with van der Waals surface area (Å²) >= 11 is 0. The number of aromatic nitrogens is 2. The molecule has 1 heterocycles. The zero-order valence-electron chi connectivity index (χ0n) is 14.7. The van der Waals surface area contributed by atoms with Crippen LogP contribution in [0.4, 0.5) is 22.0 Å². The van der Waals surface area contributed by atoms with E-state index in [4.69, 9.17) is 0 Å². The monoisotopic (exact) mass is 404 g/mol. The van der Waals surface area contributed by atoms with Crippen LogP contribution in [0.3, 0.4) is 0 Å². The van der Waals surface area contributed by atoms with Gasteiger partial charge in [-0.15, -0.1) is 0 Å². The second-order valence-corrected chi connectivity index (χ2v) is 6.58. The van der Waals surface area contributed by atoms with E-state index in [0.29, 0.717) is 27.7 Å². The molecular formula is C21H13F5N2O. The molecule has 0 unspecified atom stereocenters. The molecule has 0 atom stereocenters. The van der Waals surface area contributed by atoms with Crippen molar-refractivity contribution >= 4 is 11.0 Å². The smallest absolute Gasteiger partial charge is 0.306 e. The molecule has 0 radical (unpaired) electrons. The Morgan fingerprint density at radius 1 is 0.862 bits per heavy atom. The van der Waals surface area contributed by atoms with Gasteiger partial charge in [0.2, 0.25) is 0 Å². The first kappa shape index (κ1) is 18.9. The summed E-state index contributed by atoms with van der Waals surface area (Å²) in [6, 6.07) is 13.0. The summed E-state index contributed by atoms with van der Waals surface area (Å²) in [6.07, 6.45) is -4.46. The van der Waals surface area contributed by atoms with Crippen molar-refractivity contribution in [3.05, 3.63) is 93.9 Å². The van der Waals surface area contributed by atoms with Crippen molar-refractivity contribution in [1.82, 2.24) is 9.55 Å². The van der Waals surface area contributed by atoms with E-state index in [1.54, 1.807) is 24.3 Å². The van der Waals surface area contributed by atoms with Crippen molar-refractivity contribution < 1.29 is 22.0 Å². The molecule has 29 heavy (non-hydrogen) atoms. The third-order valence-corrected chi connectivity index (χ3v) is 4.62. The highest BCUT2D eigenvalue weighted by molar-refractivity contribution is 5.82. The molecule has 0 saturated carbocycles. The molecule has 3 aromatic carbocycles. The van der Waals surface area contributed by atoms with Crippen LogP contribution in [0.15, 0.2) is 65.5 Å². The van der Waals surface area contributed by atoms with Crippen LogP contribution >= 0.6 is 0 Å². The van der Waals surface area contributed by atoms with Gasteiger partial charge in [0, 0.05) is 0 Å². The van der Waals surface area contributed by atoms with E-state index in [1.807, 2.05) is 0 Å². The van der Waals surface area contributed by atoms with Gasteiger partial charge in [0.15, 0.2) is 11.6 Å². The minimum atomic E-state index is -4.46. The van der Waals surface area contributed by atoms with Crippen LogP contribution in [0.25, 0.3) is 22.2 Å². The fourth-order valence-electron chi connectivity index (χ4n) is 3.20. The number of hydrogen-bond donors (Lipinski definition) is 1. The van der Waals surface area contributed by atoms with E-state index in [2.05, 4.69) is 4.98 Å². The van der Waals surface area contributed by atoms with Gasteiger partial charge >= 0.3 is 11.9 Å². The van der Waals surface area contributed by atoms with E-state index >= 15 is 0 Å². The Labute approximate surface area is 161 Å². The van der Waals surface area contributed by atoms with Crippen molar-refractivity contribution in [2.75, 3.05) is 0 Å². The number of fused-ring (bicyclic) bond motifs is 1. The highest BCUT2D eigenvalue weighted by Crippen LogP contribution is 2.32. The topological polar surface area (TPSA) is 37.8 Å². The minimum absolute atomic E-state index is 0.0128. The number of nitrogens with one attached hydrogen (secondary N) is 1. The van der Waals surface area contributed by atoms with Gasteiger partial charge in [-0.2, -0.15) is 13.2 Å². The average molecular weight is 404 g/mol. The lowest BCUT2D eigenvalue weighted by molar-refractivity contribution is -0.137. The van der Waals surface area contributed by atoms with Gasteiger partial charge in [-0.3, -0.25) is 4.57 Å². The number of halogens is 5. The maximum atomic E-state index is 13.4. The van der Waals surface area contributed by atoms with Crippen LogP contribution < -0.4 is 5.69 Å². The Hall–Kier alpha value is -3.42. The molecule has 0 bridgehead atoms. The normalized spacial score (nSPS) is 11.9. The quantitative estimate of drug-likeness (QED) is 0.460. The van der Waals surface area contributed by atoms with Gasteiger partial charge < -0.3 is 4.98 Å². The summed E-state index contributed by atoms with van der Waals surface area (Å²) in [6.45, 7) is 0.0128. The molecule has 0 amide bonds. The molecule has 1 aromatic heterocycles. The van der Waals surface area contributed by atoms with Crippen LogP contribution in [0.1, 0.15) is 11.1 Å². The zero-order valence-corrected chi connectivity index (χ0v) is 14.7. The van der Waals surface area contributed by atoms with Gasteiger partial charge in [0.05, 0.1) is 23.1 Å². The molecular weight excluding hydrogens is 391 g/mol. The lowest BCUT2D eigenvalue weighted by atomic mass is 10.0. The van der Waals surface area contributed by atoms with E-state index in [9.17, 15) is 26.7 Å².